The van der Waals surface area contributed by atoms with Crippen molar-refractivity contribution in [2.24, 2.45) is 14.1 Å². The molecule has 0 unspecified atom stereocenters. The first-order valence-electron chi connectivity index (χ1n) is 11.9. The van der Waals surface area contributed by atoms with E-state index in [1.54, 1.807) is 0 Å². The molecule has 0 saturated carbocycles. The van der Waals surface area contributed by atoms with Gasteiger partial charge in [-0.1, -0.05) is 36.4 Å². The lowest BCUT2D eigenvalue weighted by Crippen LogP contribution is -2.75. The molecule has 7 rings (SSSR count). The van der Waals surface area contributed by atoms with E-state index in [0.29, 0.717) is 0 Å². The number of nitrogens with zero attached hydrogens (tertiary/aromatic N) is 5. The number of anilines is 6. The third-order valence-electron chi connectivity index (χ3n) is 7.16. The lowest BCUT2D eigenvalue weighted by molar-refractivity contribution is -0.658. The zero-order chi connectivity index (χ0) is 23.5. The number of pyridine rings is 3. The highest BCUT2D eigenvalue weighted by Crippen LogP contribution is 2.41. The molecule has 0 N–H and O–H groups in total. The fourth-order valence-corrected chi connectivity index (χ4v) is 5.74. The van der Waals surface area contributed by atoms with Crippen LogP contribution in [0, 0.1) is 0 Å². The molecule has 0 amide bonds. The normalized spacial score (nSPS) is 13.3. The summed E-state index contributed by atoms with van der Waals surface area (Å²) in [7, 11) is 4.30. The molecule has 0 saturated heterocycles. The average molecular weight is 453 g/mol. The zero-order valence-electron chi connectivity index (χ0n) is 19.7. The molecular weight excluding hydrogens is 429 g/mol. The fourth-order valence-electron chi connectivity index (χ4n) is 5.74. The molecular formula is C29H24BN5+2. The van der Waals surface area contributed by atoms with Crippen molar-refractivity contribution in [3.05, 3.63) is 110 Å². The Kier molecular flexibility index (Phi) is 4.30. The van der Waals surface area contributed by atoms with Gasteiger partial charge in [0.05, 0.1) is 0 Å². The predicted octanol–water partition coefficient (Wildman–Crippen LogP) is 2.81. The summed E-state index contributed by atoms with van der Waals surface area (Å²) < 4.78 is 4.54. The molecule has 0 bridgehead atoms. The maximum Gasteiger partial charge on any atom is 0.417 e. The van der Waals surface area contributed by atoms with E-state index in [2.05, 4.69) is 136 Å². The Morgan fingerprint density at radius 2 is 1.14 bits per heavy atom. The first-order chi connectivity index (χ1) is 17.2. The van der Waals surface area contributed by atoms with E-state index >= 15 is 0 Å². The standard InChI is InChI=1S/C29H24BN5/c1-32-19-9-15-24-27(32)30-26-23(34(24)21-11-5-3-6-12-21)17-18-31-29(26)35(22-13-7-4-8-14-22)25-16-10-20-33(2)28(25)30/h3-20H,1-2H3/q+2. The van der Waals surface area contributed by atoms with Gasteiger partial charge in [0.25, 0.3) is 0 Å². The Morgan fingerprint density at radius 1 is 0.600 bits per heavy atom. The first-order valence-corrected chi connectivity index (χ1v) is 11.9. The SMILES string of the molecule is C[n+]1cccc2c1B1c3c(ccnc3N(c3ccccc3)c3ccc[n+](C)c31)N2c1ccccc1. The minimum atomic E-state index is 0.0519. The second kappa shape index (κ2) is 7.53. The van der Waals surface area contributed by atoms with Crippen LogP contribution in [0.15, 0.2) is 110 Å². The van der Waals surface area contributed by atoms with E-state index in [1.165, 1.54) is 28.0 Å². The lowest BCUT2D eigenvalue weighted by atomic mass is 9.36. The molecule has 5 aromatic rings. The van der Waals surface area contributed by atoms with Gasteiger partial charge in [0, 0.05) is 40.9 Å². The van der Waals surface area contributed by atoms with Crippen molar-refractivity contribution < 1.29 is 9.13 Å². The van der Waals surface area contributed by atoms with Gasteiger partial charge in [-0.2, -0.15) is 0 Å². The van der Waals surface area contributed by atoms with Crippen molar-refractivity contribution in [2.45, 2.75) is 0 Å². The number of aromatic nitrogens is 3. The van der Waals surface area contributed by atoms with E-state index in [0.717, 1.165) is 22.9 Å². The minimum absolute atomic E-state index is 0.0519. The smallest absolute Gasteiger partial charge is 0.306 e. The Bertz CT molecular complexity index is 1470. The average Bonchev–Trinajstić information content (AvgIpc) is 2.90. The maximum atomic E-state index is 5.01. The molecule has 0 spiro atoms. The summed E-state index contributed by atoms with van der Waals surface area (Å²) in [5, 5.41) is 0. The van der Waals surface area contributed by atoms with Crippen molar-refractivity contribution >= 4 is 57.6 Å². The summed E-state index contributed by atoms with van der Waals surface area (Å²) in [5.41, 5.74) is 9.51. The lowest BCUT2D eigenvalue weighted by Gasteiger charge is -2.39. The Labute approximate surface area is 205 Å². The summed E-state index contributed by atoms with van der Waals surface area (Å²) in [4.78, 5) is 9.70. The van der Waals surface area contributed by atoms with Crippen LogP contribution in [0.2, 0.25) is 0 Å². The highest BCUT2D eigenvalue weighted by molar-refractivity contribution is 6.98. The monoisotopic (exact) mass is 453 g/mol. The van der Waals surface area contributed by atoms with Crippen LogP contribution in [-0.2, 0) is 14.1 Å². The molecule has 0 fully saturated rings. The number of para-hydroxylation sites is 2. The molecule has 166 valence electrons. The van der Waals surface area contributed by atoms with Crippen molar-refractivity contribution in [1.82, 2.24) is 4.98 Å². The number of benzene rings is 2. The molecule has 35 heavy (non-hydrogen) atoms. The van der Waals surface area contributed by atoms with Gasteiger partial charge in [0.2, 0.25) is 0 Å². The van der Waals surface area contributed by atoms with Gasteiger partial charge < -0.3 is 4.90 Å². The van der Waals surface area contributed by atoms with Crippen molar-refractivity contribution in [3.63, 3.8) is 0 Å². The van der Waals surface area contributed by atoms with Gasteiger partial charge in [0.1, 0.15) is 31.3 Å². The van der Waals surface area contributed by atoms with Gasteiger partial charge in [-0.25, -0.2) is 14.1 Å². The Balaban J connectivity index is 1.62. The van der Waals surface area contributed by atoms with Crippen LogP contribution in [-0.4, -0.2) is 11.7 Å². The summed E-state index contributed by atoms with van der Waals surface area (Å²) >= 11 is 0. The quantitative estimate of drug-likeness (QED) is 0.298. The van der Waals surface area contributed by atoms with E-state index in [1.807, 2.05) is 6.20 Å². The molecule has 0 atom stereocenters. The fraction of sp³-hybridized carbons (Fsp3) is 0.0690. The van der Waals surface area contributed by atoms with Crippen molar-refractivity contribution in [3.8, 4) is 0 Å². The molecule has 6 heteroatoms. The van der Waals surface area contributed by atoms with Crippen LogP contribution in [0.5, 0.6) is 0 Å². The highest BCUT2D eigenvalue weighted by Gasteiger charge is 2.53. The van der Waals surface area contributed by atoms with Crippen molar-refractivity contribution in [1.29, 1.82) is 0 Å². The van der Waals surface area contributed by atoms with Gasteiger partial charge in [-0.05, 0) is 42.5 Å². The first kappa shape index (κ1) is 20.0. The summed E-state index contributed by atoms with van der Waals surface area (Å²) in [6.45, 7) is 0.0519. The van der Waals surface area contributed by atoms with Crippen molar-refractivity contribution in [2.75, 3.05) is 9.80 Å². The predicted molar refractivity (Wildman–Crippen MR) is 141 cm³/mol. The molecule has 5 nitrogen and oxygen atoms in total. The number of rotatable bonds is 2. The highest BCUT2D eigenvalue weighted by atomic mass is 15.2. The van der Waals surface area contributed by atoms with Gasteiger partial charge >= 0.3 is 6.71 Å². The molecule has 0 radical (unpaired) electrons. The largest absolute Gasteiger partial charge is 0.417 e. The minimum Gasteiger partial charge on any atom is -0.306 e. The molecule has 2 aliphatic rings. The van der Waals surface area contributed by atoms with Gasteiger partial charge in [-0.3, -0.25) is 4.90 Å². The number of hydrogen-bond donors (Lipinski definition) is 0. The van der Waals surface area contributed by atoms with E-state index in [-0.39, 0.29) is 6.71 Å². The summed E-state index contributed by atoms with van der Waals surface area (Å²) in [6, 6.07) is 32.0. The molecule has 5 heterocycles. The molecule has 2 aromatic carbocycles. The molecule has 0 aliphatic carbocycles. The van der Waals surface area contributed by atoms with Crippen LogP contribution in [0.3, 0.4) is 0 Å². The van der Waals surface area contributed by atoms with Crippen LogP contribution >= 0.6 is 0 Å². The third kappa shape index (κ3) is 2.80. The zero-order valence-corrected chi connectivity index (χ0v) is 19.7. The summed E-state index contributed by atoms with van der Waals surface area (Å²) in [5.74, 6) is 0.979. The maximum absolute atomic E-state index is 5.01. The third-order valence-corrected chi connectivity index (χ3v) is 7.16. The number of fused-ring (bicyclic) bond motifs is 4. The number of aryl methyl sites for hydroxylation is 2. The summed E-state index contributed by atoms with van der Waals surface area (Å²) in [6.07, 6.45) is 6.24. The Morgan fingerprint density at radius 3 is 1.74 bits per heavy atom. The van der Waals surface area contributed by atoms with Gasteiger partial charge in [-0.15, -0.1) is 0 Å². The topological polar surface area (TPSA) is 27.1 Å². The molecule has 2 aliphatic heterocycles. The van der Waals surface area contributed by atoms with Gasteiger partial charge in [0.15, 0.2) is 23.6 Å². The Hall–Kier alpha value is -4.45. The number of hydrogen-bond acceptors (Lipinski definition) is 3. The van der Waals surface area contributed by atoms with E-state index in [9.17, 15) is 0 Å². The van der Waals surface area contributed by atoms with E-state index in [4.69, 9.17) is 4.98 Å². The van der Waals surface area contributed by atoms with E-state index < -0.39 is 0 Å². The van der Waals surface area contributed by atoms with Crippen LogP contribution in [0.4, 0.5) is 34.3 Å². The second-order valence-electron chi connectivity index (χ2n) is 9.12. The van der Waals surface area contributed by atoms with Crippen LogP contribution in [0.25, 0.3) is 0 Å². The van der Waals surface area contributed by atoms with Crippen LogP contribution in [0.1, 0.15) is 0 Å². The molecule has 3 aromatic heterocycles. The second-order valence-corrected chi connectivity index (χ2v) is 9.12. The van der Waals surface area contributed by atoms with Crippen LogP contribution < -0.4 is 35.6 Å².